The minimum absolute atomic E-state index is 0.589. The van der Waals surface area contributed by atoms with Crippen molar-refractivity contribution in [2.24, 2.45) is 0 Å². The van der Waals surface area contributed by atoms with Gasteiger partial charge in [0.2, 0.25) is 0 Å². The maximum absolute atomic E-state index is 8.87. The molecule has 0 unspecified atom stereocenters. The van der Waals surface area contributed by atoms with Crippen LogP contribution in [0.2, 0.25) is 0 Å². The number of hydrogen-bond acceptors (Lipinski definition) is 3. The molecule has 3 nitrogen and oxygen atoms in total. The van der Waals surface area contributed by atoms with E-state index in [2.05, 4.69) is 11.4 Å². The summed E-state index contributed by atoms with van der Waals surface area (Å²) in [5.74, 6) is 0.746. The van der Waals surface area contributed by atoms with Gasteiger partial charge in [-0.15, -0.1) is 0 Å². The molecule has 1 N–H and O–H groups in total. The summed E-state index contributed by atoms with van der Waals surface area (Å²) in [6.07, 6.45) is 0. The molecule has 0 aliphatic heterocycles. The van der Waals surface area contributed by atoms with Gasteiger partial charge in [0.05, 0.1) is 18.9 Å². The Balaban J connectivity index is 2.92. The molecule has 0 aliphatic rings. The highest BCUT2D eigenvalue weighted by Crippen LogP contribution is 2.25. The molecule has 1 aromatic carbocycles. The van der Waals surface area contributed by atoms with Crippen molar-refractivity contribution in [2.45, 2.75) is 19.4 Å². The third kappa shape index (κ3) is 2.40. The Hall–Kier alpha value is -1.69. The summed E-state index contributed by atoms with van der Waals surface area (Å²) in [6, 6.07) is 9.71. The number of nitriles is 1. The Bertz CT molecular complexity index is 353. The van der Waals surface area contributed by atoms with Crippen LogP contribution < -0.4 is 10.1 Å². The molecule has 0 atom stereocenters. The Morgan fingerprint density at radius 1 is 1.36 bits per heavy atom. The monoisotopic (exact) mass is 190 g/mol. The first-order chi connectivity index (χ1) is 6.59. The maximum atomic E-state index is 8.87. The van der Waals surface area contributed by atoms with Gasteiger partial charge in [-0.3, -0.25) is 0 Å². The second-order valence-corrected chi connectivity index (χ2v) is 3.56. The number of hydrogen-bond donors (Lipinski definition) is 1. The first-order valence-electron chi connectivity index (χ1n) is 4.41. The number of rotatable bonds is 3. The number of ether oxygens (including phenoxy) is 1. The zero-order valence-corrected chi connectivity index (χ0v) is 8.66. The van der Waals surface area contributed by atoms with E-state index in [1.807, 2.05) is 38.1 Å². The summed E-state index contributed by atoms with van der Waals surface area (Å²) in [5.41, 5.74) is 0.246. The highest BCUT2D eigenvalue weighted by atomic mass is 16.5. The van der Waals surface area contributed by atoms with Crippen molar-refractivity contribution in [1.29, 1.82) is 5.26 Å². The molecule has 0 spiro atoms. The lowest BCUT2D eigenvalue weighted by atomic mass is 10.1. The van der Waals surface area contributed by atoms with Gasteiger partial charge in [-0.05, 0) is 26.0 Å². The second-order valence-electron chi connectivity index (χ2n) is 3.56. The van der Waals surface area contributed by atoms with Crippen LogP contribution in [0, 0.1) is 11.3 Å². The predicted octanol–water partition coefficient (Wildman–Crippen LogP) is 2.41. The van der Waals surface area contributed by atoms with E-state index >= 15 is 0 Å². The Kier molecular flexibility index (Phi) is 2.98. The minimum Gasteiger partial charge on any atom is -0.495 e. The molecule has 0 fully saturated rings. The first-order valence-corrected chi connectivity index (χ1v) is 4.41. The van der Waals surface area contributed by atoms with Crippen LogP contribution in [0.25, 0.3) is 0 Å². The topological polar surface area (TPSA) is 45.0 Å². The van der Waals surface area contributed by atoms with Crippen LogP contribution in [-0.4, -0.2) is 12.6 Å². The number of para-hydroxylation sites is 2. The molecule has 0 aromatic heterocycles. The Labute approximate surface area is 84.3 Å². The number of nitrogens with one attached hydrogen (secondary N) is 1. The van der Waals surface area contributed by atoms with Crippen LogP contribution in [0.1, 0.15) is 13.8 Å². The van der Waals surface area contributed by atoms with Crippen molar-refractivity contribution < 1.29 is 4.74 Å². The van der Waals surface area contributed by atoms with Gasteiger partial charge in [0.25, 0.3) is 0 Å². The van der Waals surface area contributed by atoms with E-state index in [0.717, 1.165) is 11.4 Å². The fourth-order valence-electron chi connectivity index (χ4n) is 1.11. The Morgan fingerprint density at radius 3 is 2.57 bits per heavy atom. The van der Waals surface area contributed by atoms with E-state index < -0.39 is 5.54 Å². The van der Waals surface area contributed by atoms with E-state index in [-0.39, 0.29) is 0 Å². The smallest absolute Gasteiger partial charge is 0.141 e. The summed E-state index contributed by atoms with van der Waals surface area (Å²) >= 11 is 0. The molecule has 1 aromatic rings. The van der Waals surface area contributed by atoms with Gasteiger partial charge in [-0.2, -0.15) is 5.26 Å². The molecule has 14 heavy (non-hydrogen) atoms. The van der Waals surface area contributed by atoms with Crippen LogP contribution in [0.3, 0.4) is 0 Å². The predicted molar refractivity (Wildman–Crippen MR) is 56.3 cm³/mol. The van der Waals surface area contributed by atoms with Crippen molar-refractivity contribution >= 4 is 5.69 Å². The zero-order valence-electron chi connectivity index (χ0n) is 8.66. The van der Waals surface area contributed by atoms with Crippen molar-refractivity contribution in [3.63, 3.8) is 0 Å². The van der Waals surface area contributed by atoms with Crippen LogP contribution in [0.4, 0.5) is 5.69 Å². The average molecular weight is 190 g/mol. The summed E-state index contributed by atoms with van der Waals surface area (Å²) in [5, 5.41) is 12.0. The molecule has 1 rings (SSSR count). The number of anilines is 1. The van der Waals surface area contributed by atoms with E-state index in [9.17, 15) is 0 Å². The molecule has 74 valence electrons. The van der Waals surface area contributed by atoms with Crippen LogP contribution in [0.15, 0.2) is 24.3 Å². The van der Waals surface area contributed by atoms with Gasteiger partial charge in [0.1, 0.15) is 11.3 Å². The number of nitrogens with zero attached hydrogens (tertiary/aromatic N) is 1. The highest BCUT2D eigenvalue weighted by Gasteiger charge is 2.17. The first kappa shape index (κ1) is 10.4. The molecule has 3 heteroatoms. The fourth-order valence-corrected chi connectivity index (χ4v) is 1.11. The summed E-state index contributed by atoms with van der Waals surface area (Å²) < 4.78 is 5.16. The SMILES string of the molecule is COc1ccccc1NC(C)(C)C#N. The molecule has 0 heterocycles. The van der Waals surface area contributed by atoms with Crippen molar-refractivity contribution in [1.82, 2.24) is 0 Å². The lowest BCUT2D eigenvalue weighted by Gasteiger charge is -2.20. The lowest BCUT2D eigenvalue weighted by molar-refractivity contribution is 0.415. The van der Waals surface area contributed by atoms with Crippen LogP contribution in [-0.2, 0) is 0 Å². The van der Waals surface area contributed by atoms with Crippen molar-refractivity contribution in [3.05, 3.63) is 24.3 Å². The second kappa shape index (κ2) is 4.01. The molecular weight excluding hydrogens is 176 g/mol. The quantitative estimate of drug-likeness (QED) is 0.796. The van der Waals surface area contributed by atoms with E-state index in [0.29, 0.717) is 0 Å². The molecule has 0 saturated heterocycles. The third-order valence-corrected chi connectivity index (χ3v) is 1.83. The molecule has 0 amide bonds. The van der Waals surface area contributed by atoms with Gasteiger partial charge in [-0.1, -0.05) is 12.1 Å². The van der Waals surface area contributed by atoms with Crippen molar-refractivity contribution in [3.8, 4) is 11.8 Å². The van der Waals surface area contributed by atoms with Crippen LogP contribution in [0.5, 0.6) is 5.75 Å². The van der Waals surface area contributed by atoms with Gasteiger partial charge in [0.15, 0.2) is 0 Å². The van der Waals surface area contributed by atoms with E-state index in [1.165, 1.54) is 0 Å². The van der Waals surface area contributed by atoms with Crippen molar-refractivity contribution in [2.75, 3.05) is 12.4 Å². The molecule has 0 radical (unpaired) electrons. The van der Waals surface area contributed by atoms with E-state index in [4.69, 9.17) is 10.00 Å². The van der Waals surface area contributed by atoms with E-state index in [1.54, 1.807) is 7.11 Å². The van der Waals surface area contributed by atoms with Gasteiger partial charge < -0.3 is 10.1 Å². The minimum atomic E-state index is -0.589. The largest absolute Gasteiger partial charge is 0.495 e. The highest BCUT2D eigenvalue weighted by molar-refractivity contribution is 5.58. The molecular formula is C11H14N2O. The molecule has 0 saturated carbocycles. The fraction of sp³-hybridized carbons (Fsp3) is 0.364. The Morgan fingerprint density at radius 2 is 2.00 bits per heavy atom. The number of methoxy groups -OCH3 is 1. The lowest BCUT2D eigenvalue weighted by Crippen LogP contribution is -2.28. The zero-order chi connectivity index (χ0) is 10.6. The standard InChI is InChI=1S/C11H14N2O/c1-11(2,8-12)13-9-6-4-5-7-10(9)14-3/h4-7,13H,1-3H3. The van der Waals surface area contributed by atoms with Gasteiger partial charge >= 0.3 is 0 Å². The normalized spacial score (nSPS) is 10.4. The average Bonchev–Trinajstić information content (AvgIpc) is 2.18. The maximum Gasteiger partial charge on any atom is 0.141 e. The summed E-state index contributed by atoms with van der Waals surface area (Å²) in [4.78, 5) is 0. The molecule has 0 aliphatic carbocycles. The molecule has 0 bridgehead atoms. The van der Waals surface area contributed by atoms with Crippen LogP contribution >= 0.6 is 0 Å². The number of benzene rings is 1. The van der Waals surface area contributed by atoms with Gasteiger partial charge in [-0.25, -0.2) is 0 Å². The van der Waals surface area contributed by atoms with Gasteiger partial charge in [0, 0.05) is 0 Å². The summed E-state index contributed by atoms with van der Waals surface area (Å²) in [6.45, 7) is 3.64. The summed E-state index contributed by atoms with van der Waals surface area (Å²) in [7, 11) is 1.61. The third-order valence-electron chi connectivity index (χ3n) is 1.83.